The zero-order valence-corrected chi connectivity index (χ0v) is 15.8. The van der Waals surface area contributed by atoms with Crippen LogP contribution in [0.4, 0.5) is 0 Å². The first-order valence-corrected chi connectivity index (χ1v) is 10.3. The maximum atomic E-state index is 12.8. The molecule has 1 fully saturated rings. The van der Waals surface area contributed by atoms with Crippen molar-refractivity contribution in [3.8, 4) is 0 Å². The van der Waals surface area contributed by atoms with Crippen molar-refractivity contribution in [2.75, 3.05) is 6.54 Å². The van der Waals surface area contributed by atoms with E-state index in [1.165, 1.54) is 0 Å². The Morgan fingerprint density at radius 3 is 2.24 bits per heavy atom. The lowest BCUT2D eigenvalue weighted by Crippen LogP contribution is -2.41. The Hall–Kier alpha value is -1.69. The summed E-state index contributed by atoms with van der Waals surface area (Å²) in [6.45, 7) is 7.16. The van der Waals surface area contributed by atoms with Gasteiger partial charge in [0.25, 0.3) is 0 Å². The Labute approximate surface area is 150 Å². The van der Waals surface area contributed by atoms with E-state index >= 15 is 0 Å². The Kier molecular flexibility index (Phi) is 5.27. The smallest absolute Gasteiger partial charge is 0.240 e. The fraction of sp³-hybridized carbons (Fsp3) is 0.400. The minimum absolute atomic E-state index is 0.0569. The Balaban J connectivity index is 1.88. The molecule has 1 saturated heterocycles. The molecular weight excluding hydrogens is 332 g/mol. The van der Waals surface area contributed by atoms with Crippen LogP contribution < -0.4 is 4.72 Å². The molecule has 1 aliphatic rings. The van der Waals surface area contributed by atoms with Crippen molar-refractivity contribution in [1.82, 2.24) is 9.62 Å². The first-order valence-electron chi connectivity index (χ1n) is 8.82. The second-order valence-electron chi connectivity index (χ2n) is 6.85. The number of hydrogen-bond donors (Lipinski definition) is 1. The van der Waals surface area contributed by atoms with E-state index in [-0.39, 0.29) is 12.1 Å². The van der Waals surface area contributed by atoms with Crippen LogP contribution in [0.3, 0.4) is 0 Å². The third-order valence-corrected chi connectivity index (χ3v) is 6.37. The first-order chi connectivity index (χ1) is 11.9. The highest BCUT2D eigenvalue weighted by Crippen LogP contribution is 2.35. The van der Waals surface area contributed by atoms with Crippen molar-refractivity contribution in [2.24, 2.45) is 0 Å². The molecule has 0 bridgehead atoms. The fourth-order valence-electron chi connectivity index (χ4n) is 3.31. The van der Waals surface area contributed by atoms with Gasteiger partial charge in [-0.05, 0) is 38.0 Å². The van der Waals surface area contributed by atoms with Crippen LogP contribution >= 0.6 is 0 Å². The molecule has 0 radical (unpaired) electrons. The lowest BCUT2D eigenvalue weighted by Gasteiger charge is -2.29. The zero-order valence-electron chi connectivity index (χ0n) is 15.0. The Morgan fingerprint density at radius 1 is 1.12 bits per heavy atom. The third kappa shape index (κ3) is 4.11. The highest BCUT2D eigenvalue weighted by atomic mass is 32.2. The standard InChI is InChI=1S/C20H26N2O2S/c1-4-19(21-25(23,24)18-12-10-15(2)11-13-18)20(22-14-16(22)3)17-8-6-5-7-9-17/h5-13,16,19-21H,4,14H2,1-3H3/t16?,19-,20+,22?/m0/s1. The monoisotopic (exact) mass is 358 g/mol. The van der Waals surface area contributed by atoms with Crippen LogP contribution in [0, 0.1) is 6.92 Å². The lowest BCUT2D eigenvalue weighted by atomic mass is 9.98. The molecule has 1 N–H and O–H groups in total. The van der Waals surface area contributed by atoms with E-state index in [4.69, 9.17) is 0 Å². The summed E-state index contributed by atoms with van der Waals surface area (Å²) < 4.78 is 28.6. The van der Waals surface area contributed by atoms with Gasteiger partial charge in [0.15, 0.2) is 0 Å². The molecule has 2 aromatic rings. The number of nitrogens with zero attached hydrogens (tertiary/aromatic N) is 1. The molecule has 0 spiro atoms. The van der Waals surface area contributed by atoms with Crippen molar-refractivity contribution in [3.05, 3.63) is 65.7 Å². The van der Waals surface area contributed by atoms with Gasteiger partial charge in [-0.1, -0.05) is 55.0 Å². The second kappa shape index (κ2) is 7.28. The molecule has 3 rings (SSSR count). The molecule has 1 aliphatic heterocycles. The third-order valence-electron chi connectivity index (χ3n) is 4.86. The van der Waals surface area contributed by atoms with Crippen LogP contribution in [0.1, 0.15) is 37.4 Å². The summed E-state index contributed by atoms with van der Waals surface area (Å²) in [4.78, 5) is 2.67. The van der Waals surface area contributed by atoms with Gasteiger partial charge in [-0.3, -0.25) is 4.90 Å². The maximum absolute atomic E-state index is 12.8. The Morgan fingerprint density at radius 2 is 1.72 bits per heavy atom. The van der Waals surface area contributed by atoms with E-state index < -0.39 is 10.0 Å². The van der Waals surface area contributed by atoms with Crippen molar-refractivity contribution >= 4 is 10.0 Å². The average Bonchev–Trinajstić information content (AvgIpc) is 3.31. The van der Waals surface area contributed by atoms with Crippen molar-refractivity contribution in [3.63, 3.8) is 0 Å². The molecule has 134 valence electrons. The molecule has 0 aromatic heterocycles. The van der Waals surface area contributed by atoms with Gasteiger partial charge in [-0.15, -0.1) is 0 Å². The van der Waals surface area contributed by atoms with E-state index in [0.717, 1.165) is 24.1 Å². The van der Waals surface area contributed by atoms with Gasteiger partial charge in [0, 0.05) is 18.6 Å². The number of benzene rings is 2. The Bertz CT molecular complexity index is 803. The molecule has 0 amide bonds. The van der Waals surface area contributed by atoms with Gasteiger partial charge in [0.2, 0.25) is 10.0 Å². The van der Waals surface area contributed by atoms with Crippen LogP contribution in [0.2, 0.25) is 0 Å². The van der Waals surface area contributed by atoms with Crippen LogP contribution in [0.5, 0.6) is 0 Å². The van der Waals surface area contributed by atoms with Crippen molar-refractivity contribution in [2.45, 2.75) is 50.2 Å². The van der Waals surface area contributed by atoms with E-state index in [1.54, 1.807) is 12.1 Å². The summed E-state index contributed by atoms with van der Waals surface area (Å²) in [6.07, 6.45) is 0.730. The topological polar surface area (TPSA) is 49.2 Å². The molecule has 2 aromatic carbocycles. The minimum Gasteiger partial charge on any atom is -0.289 e. The van der Waals surface area contributed by atoms with Crippen molar-refractivity contribution in [1.29, 1.82) is 0 Å². The number of hydrogen-bond acceptors (Lipinski definition) is 3. The quantitative estimate of drug-likeness (QED) is 0.771. The van der Waals surface area contributed by atoms with Crippen LogP contribution in [0.15, 0.2) is 59.5 Å². The fourth-order valence-corrected chi connectivity index (χ4v) is 4.63. The normalized spacial score (nSPS) is 22.4. The van der Waals surface area contributed by atoms with E-state index in [2.05, 4.69) is 28.7 Å². The van der Waals surface area contributed by atoms with Crippen LogP contribution in [0.25, 0.3) is 0 Å². The maximum Gasteiger partial charge on any atom is 0.240 e. The molecule has 1 heterocycles. The van der Waals surface area contributed by atoms with E-state index in [1.807, 2.05) is 44.2 Å². The van der Waals surface area contributed by atoms with Gasteiger partial charge in [0.1, 0.15) is 0 Å². The van der Waals surface area contributed by atoms with Gasteiger partial charge >= 0.3 is 0 Å². The summed E-state index contributed by atoms with van der Waals surface area (Å²) in [7, 11) is -3.54. The van der Waals surface area contributed by atoms with Gasteiger partial charge in [-0.2, -0.15) is 0 Å². The molecule has 4 atom stereocenters. The highest BCUT2D eigenvalue weighted by Gasteiger charge is 2.41. The molecule has 4 nitrogen and oxygen atoms in total. The van der Waals surface area contributed by atoms with Crippen LogP contribution in [-0.2, 0) is 10.0 Å². The first kappa shape index (κ1) is 18.1. The summed E-state index contributed by atoms with van der Waals surface area (Å²) >= 11 is 0. The minimum atomic E-state index is -3.54. The predicted octanol–water partition coefficient (Wildman–Crippen LogP) is 3.50. The molecule has 2 unspecified atom stereocenters. The number of sulfonamides is 1. The van der Waals surface area contributed by atoms with Gasteiger partial charge in [-0.25, -0.2) is 13.1 Å². The van der Waals surface area contributed by atoms with E-state index in [9.17, 15) is 8.42 Å². The number of nitrogens with one attached hydrogen (secondary N) is 1. The lowest BCUT2D eigenvalue weighted by molar-refractivity contribution is 0.305. The highest BCUT2D eigenvalue weighted by molar-refractivity contribution is 7.89. The van der Waals surface area contributed by atoms with Crippen LogP contribution in [-0.4, -0.2) is 31.9 Å². The largest absolute Gasteiger partial charge is 0.289 e. The average molecular weight is 359 g/mol. The van der Waals surface area contributed by atoms with Gasteiger partial charge < -0.3 is 0 Å². The van der Waals surface area contributed by atoms with E-state index in [0.29, 0.717) is 10.9 Å². The number of rotatable bonds is 7. The summed E-state index contributed by atoms with van der Waals surface area (Å²) in [5.74, 6) is 0. The van der Waals surface area contributed by atoms with Crippen molar-refractivity contribution < 1.29 is 8.42 Å². The zero-order chi connectivity index (χ0) is 18.0. The number of aryl methyl sites for hydroxylation is 1. The summed E-state index contributed by atoms with van der Waals surface area (Å²) in [5, 5.41) is 0. The second-order valence-corrected chi connectivity index (χ2v) is 8.56. The molecule has 0 aliphatic carbocycles. The summed E-state index contributed by atoms with van der Waals surface area (Å²) in [6, 6.07) is 17.6. The molecular formula is C20H26N2O2S. The predicted molar refractivity (Wildman–Crippen MR) is 101 cm³/mol. The molecule has 5 heteroatoms. The summed E-state index contributed by atoms with van der Waals surface area (Å²) in [5.41, 5.74) is 2.20. The molecule has 25 heavy (non-hydrogen) atoms. The SMILES string of the molecule is CC[C@H](NS(=O)(=O)c1ccc(C)cc1)[C@@H](c1ccccc1)N1CC1C. The van der Waals surface area contributed by atoms with Gasteiger partial charge in [0.05, 0.1) is 10.9 Å². The molecule has 0 saturated carbocycles.